The van der Waals surface area contributed by atoms with Gasteiger partial charge in [0.2, 0.25) is 0 Å². The maximum Gasteiger partial charge on any atom is 0.416 e. The number of urea groups is 1. The van der Waals surface area contributed by atoms with E-state index in [1.54, 1.807) is 17.5 Å². The Morgan fingerprint density at radius 1 is 1.19 bits per heavy atom. The van der Waals surface area contributed by atoms with Gasteiger partial charge in [-0.15, -0.1) is 22.7 Å². The summed E-state index contributed by atoms with van der Waals surface area (Å²) in [6, 6.07) is 4.25. The first-order chi connectivity index (χ1) is 17.7. The normalized spacial score (nSPS) is 14.4. The largest absolute Gasteiger partial charge is 0.486 e. The zero-order chi connectivity index (χ0) is 26.0. The van der Waals surface area contributed by atoms with Gasteiger partial charge < -0.3 is 15.4 Å². The summed E-state index contributed by atoms with van der Waals surface area (Å²) in [6.45, 7) is 1.90. The van der Waals surface area contributed by atoms with Gasteiger partial charge in [0.15, 0.2) is 5.13 Å². The molecule has 1 fully saturated rings. The van der Waals surface area contributed by atoms with Crippen molar-refractivity contribution in [3.63, 3.8) is 0 Å². The van der Waals surface area contributed by atoms with E-state index < -0.39 is 17.8 Å². The second-order valence-corrected chi connectivity index (χ2v) is 10.4. The summed E-state index contributed by atoms with van der Waals surface area (Å²) >= 11 is 2.83. The highest BCUT2D eigenvalue weighted by atomic mass is 32.1. The molecule has 2 amide bonds. The molecule has 1 saturated heterocycles. The van der Waals surface area contributed by atoms with E-state index in [1.165, 1.54) is 23.7 Å². The Kier molecular flexibility index (Phi) is 7.13. The van der Waals surface area contributed by atoms with Gasteiger partial charge in [-0.25, -0.2) is 19.7 Å². The van der Waals surface area contributed by atoms with Crippen LogP contribution in [0.1, 0.15) is 10.4 Å². The molecule has 0 atom stereocenters. The van der Waals surface area contributed by atoms with Crippen LogP contribution >= 0.6 is 22.7 Å². The molecule has 0 aliphatic carbocycles. The zero-order valence-electron chi connectivity index (χ0n) is 19.5. The molecule has 9 nitrogen and oxygen atoms in total. The molecule has 1 aromatic carbocycles. The molecule has 0 radical (unpaired) electrons. The lowest BCUT2D eigenvalue weighted by molar-refractivity contribution is -0.137. The van der Waals surface area contributed by atoms with Gasteiger partial charge in [-0.1, -0.05) is 0 Å². The lowest BCUT2D eigenvalue weighted by Gasteiger charge is -2.36. The van der Waals surface area contributed by atoms with E-state index in [0.717, 1.165) is 33.0 Å². The van der Waals surface area contributed by atoms with Crippen LogP contribution in [0, 0.1) is 0 Å². The van der Waals surface area contributed by atoms with Crippen LogP contribution in [0.2, 0.25) is 0 Å². The van der Waals surface area contributed by atoms with E-state index in [2.05, 4.69) is 30.9 Å². The second kappa shape index (κ2) is 10.5. The van der Waals surface area contributed by atoms with Crippen molar-refractivity contribution < 1.29 is 22.7 Å². The molecule has 14 heteroatoms. The molecule has 3 N–H and O–H groups in total. The number of likely N-dealkylation sites (N-methyl/N-ethyl adjacent to an activating group) is 1. The Bertz CT molecular complexity index is 1400. The average molecular weight is 550 g/mol. The van der Waals surface area contributed by atoms with Gasteiger partial charge in [0, 0.05) is 37.1 Å². The smallest absolute Gasteiger partial charge is 0.416 e. The number of amides is 2. The maximum absolute atomic E-state index is 13.3. The standard InChI is InChI=1S/C23H22F3N7O2S2/c1-33-10-14(11-33)35-18-3-2-13(23(24,25)26)8-17(18)31-21(34)32-22-28-9-15(37-22)4-6-27-20-19-16(5-7-36-19)29-12-30-20/h2-3,5,7-9,12,14H,4,6,10-11H2,1H3,(H,27,29,30)(H2,28,31,32,34). The molecule has 1 aliphatic heterocycles. The molecule has 4 aromatic rings. The van der Waals surface area contributed by atoms with Crippen molar-refractivity contribution in [3.8, 4) is 5.75 Å². The Hall–Kier alpha value is -3.49. The van der Waals surface area contributed by atoms with Crippen LogP contribution < -0.4 is 20.7 Å². The van der Waals surface area contributed by atoms with E-state index in [0.29, 0.717) is 31.2 Å². The van der Waals surface area contributed by atoms with Crippen molar-refractivity contribution in [1.82, 2.24) is 19.9 Å². The van der Waals surface area contributed by atoms with E-state index in [1.807, 2.05) is 23.4 Å². The summed E-state index contributed by atoms with van der Waals surface area (Å²) in [5.41, 5.74) is -0.0619. The number of carbonyl (C=O) groups excluding carboxylic acids is 1. The van der Waals surface area contributed by atoms with Crippen LogP contribution in [0.25, 0.3) is 10.2 Å². The summed E-state index contributed by atoms with van der Waals surface area (Å²) in [7, 11) is 1.91. The van der Waals surface area contributed by atoms with Gasteiger partial charge >= 0.3 is 12.2 Å². The van der Waals surface area contributed by atoms with Gasteiger partial charge in [0.25, 0.3) is 0 Å². The third-order valence-corrected chi connectivity index (χ3v) is 7.44. The zero-order valence-corrected chi connectivity index (χ0v) is 21.1. The van der Waals surface area contributed by atoms with Crippen molar-refractivity contribution >= 4 is 55.6 Å². The Balaban J connectivity index is 1.19. The molecule has 0 spiro atoms. The number of hydrogen-bond donors (Lipinski definition) is 3. The van der Waals surface area contributed by atoms with Crippen molar-refractivity contribution in [2.24, 2.45) is 0 Å². The van der Waals surface area contributed by atoms with Crippen LogP contribution in [0.4, 0.5) is 34.6 Å². The highest BCUT2D eigenvalue weighted by Gasteiger charge is 2.32. The summed E-state index contributed by atoms with van der Waals surface area (Å²) in [5, 5.41) is 10.6. The topological polar surface area (TPSA) is 104 Å². The van der Waals surface area contributed by atoms with E-state index in [-0.39, 0.29) is 17.5 Å². The number of aromatic nitrogens is 3. The minimum atomic E-state index is -4.55. The molecule has 4 heterocycles. The van der Waals surface area contributed by atoms with Crippen LogP contribution in [-0.2, 0) is 12.6 Å². The molecule has 5 rings (SSSR count). The summed E-state index contributed by atoms with van der Waals surface area (Å²) in [6.07, 6.45) is -0.912. The fourth-order valence-electron chi connectivity index (χ4n) is 3.75. The van der Waals surface area contributed by atoms with Gasteiger partial charge in [-0.3, -0.25) is 10.2 Å². The van der Waals surface area contributed by atoms with Crippen molar-refractivity contribution in [3.05, 3.63) is 52.6 Å². The number of carbonyl (C=O) groups is 1. The number of thiazole rings is 1. The van der Waals surface area contributed by atoms with Crippen LogP contribution in [-0.4, -0.2) is 58.7 Å². The first-order valence-corrected chi connectivity index (χ1v) is 13.0. The second-order valence-electron chi connectivity index (χ2n) is 8.41. The number of nitrogens with one attached hydrogen (secondary N) is 3. The van der Waals surface area contributed by atoms with E-state index in [9.17, 15) is 18.0 Å². The monoisotopic (exact) mass is 549 g/mol. The minimum Gasteiger partial charge on any atom is -0.486 e. The predicted octanol–water partition coefficient (Wildman–Crippen LogP) is 5.16. The maximum atomic E-state index is 13.3. The molecular formula is C23H22F3N7O2S2. The van der Waals surface area contributed by atoms with Gasteiger partial charge in [0.1, 0.15) is 24.0 Å². The molecule has 1 aliphatic rings. The highest BCUT2D eigenvalue weighted by Crippen LogP contribution is 2.36. The van der Waals surface area contributed by atoms with Crippen LogP contribution in [0.5, 0.6) is 5.75 Å². The summed E-state index contributed by atoms with van der Waals surface area (Å²) < 4.78 is 46.5. The number of nitrogens with zero attached hydrogens (tertiary/aromatic N) is 4. The van der Waals surface area contributed by atoms with E-state index >= 15 is 0 Å². The third kappa shape index (κ3) is 6.09. The molecule has 0 saturated carbocycles. The predicted molar refractivity (Wildman–Crippen MR) is 138 cm³/mol. The fraction of sp³-hybridized carbons (Fsp3) is 0.304. The number of hydrogen-bond acceptors (Lipinski definition) is 9. The Morgan fingerprint density at radius 2 is 2.03 bits per heavy atom. The number of likely N-dealkylation sites (tertiary alicyclic amines) is 1. The SMILES string of the molecule is CN1CC(Oc2ccc(C(F)(F)F)cc2NC(=O)Nc2ncc(CCNc3ncnc4ccsc34)s2)C1. The van der Waals surface area contributed by atoms with E-state index in [4.69, 9.17) is 4.74 Å². The summed E-state index contributed by atoms with van der Waals surface area (Å²) in [4.78, 5) is 28.2. The van der Waals surface area contributed by atoms with Crippen molar-refractivity contribution in [2.45, 2.75) is 18.7 Å². The van der Waals surface area contributed by atoms with Gasteiger partial charge in [0.05, 0.1) is 21.5 Å². The third-order valence-electron chi connectivity index (χ3n) is 5.56. The molecule has 0 bridgehead atoms. The van der Waals surface area contributed by atoms with Gasteiger partial charge in [-0.05, 0) is 36.7 Å². The molecule has 37 heavy (non-hydrogen) atoms. The van der Waals surface area contributed by atoms with Crippen LogP contribution in [0.15, 0.2) is 42.2 Å². The Labute approximate surface area is 217 Å². The van der Waals surface area contributed by atoms with Crippen molar-refractivity contribution in [1.29, 1.82) is 0 Å². The quantitative estimate of drug-likeness (QED) is 0.279. The number of thiophene rings is 1. The van der Waals surface area contributed by atoms with Crippen molar-refractivity contribution in [2.75, 3.05) is 42.6 Å². The van der Waals surface area contributed by atoms with Gasteiger partial charge in [-0.2, -0.15) is 13.2 Å². The molecular weight excluding hydrogens is 527 g/mol. The minimum absolute atomic E-state index is 0.0624. The lowest BCUT2D eigenvalue weighted by atomic mass is 10.1. The number of fused-ring (bicyclic) bond motifs is 1. The molecule has 0 unspecified atom stereocenters. The number of rotatable bonds is 8. The first kappa shape index (κ1) is 25.2. The summed E-state index contributed by atoms with van der Waals surface area (Å²) in [5.74, 6) is 0.937. The number of halogens is 3. The number of alkyl halides is 3. The van der Waals surface area contributed by atoms with Crippen LogP contribution in [0.3, 0.4) is 0 Å². The fourth-order valence-corrected chi connectivity index (χ4v) is 5.37. The lowest BCUT2D eigenvalue weighted by Crippen LogP contribution is -2.51. The Morgan fingerprint density at radius 3 is 2.81 bits per heavy atom. The highest BCUT2D eigenvalue weighted by molar-refractivity contribution is 7.17. The number of ether oxygens (including phenoxy) is 1. The number of anilines is 3. The molecule has 194 valence electrons. The number of benzene rings is 1. The molecule has 3 aromatic heterocycles. The average Bonchev–Trinajstić information content (AvgIpc) is 3.48. The first-order valence-electron chi connectivity index (χ1n) is 11.3.